The van der Waals surface area contributed by atoms with E-state index in [-0.39, 0.29) is 66.1 Å². The van der Waals surface area contributed by atoms with Gasteiger partial charge in [-0.1, -0.05) is 303 Å². The largest absolute Gasteiger partial charge is 0.396 e. The summed E-state index contributed by atoms with van der Waals surface area (Å²) in [6, 6.07) is 99.5. The summed E-state index contributed by atoms with van der Waals surface area (Å²) in [4.78, 5) is 0. The molecule has 5 aliphatic rings. The Bertz CT molecular complexity index is 4210. The number of hydrogen-bond acceptors (Lipinski definition) is 16. The van der Waals surface area contributed by atoms with Gasteiger partial charge in [0.2, 0.25) is 0 Å². The van der Waals surface area contributed by atoms with Crippen LogP contribution in [0.2, 0.25) is 0 Å². The molecule has 16 nitrogen and oxygen atoms in total. The highest BCUT2D eigenvalue weighted by Crippen LogP contribution is 2.61. The fourth-order valence-electron chi connectivity index (χ4n) is 15.7. The highest BCUT2D eigenvalue weighted by Gasteiger charge is 2.77. The molecule has 3 saturated carbocycles. The molecule has 0 amide bonds. The lowest BCUT2D eigenvalue weighted by Gasteiger charge is -2.57. The second kappa shape index (κ2) is 35.5. The van der Waals surface area contributed by atoms with Crippen molar-refractivity contribution >= 4 is 0 Å². The van der Waals surface area contributed by atoms with Gasteiger partial charge in [0.1, 0.15) is 36.6 Å². The van der Waals surface area contributed by atoms with Crippen LogP contribution in [0.3, 0.4) is 0 Å². The molecule has 2 heterocycles. The van der Waals surface area contributed by atoms with Gasteiger partial charge in [-0.25, -0.2) is 0 Å². The average Bonchev–Trinajstić information content (AvgIpc) is 1.52. The molecule has 18 atom stereocenters. The monoisotopic (exact) mass is 1430 g/mol. The maximum absolute atomic E-state index is 14.2. The van der Waals surface area contributed by atoms with Crippen LogP contribution >= 0.6 is 0 Å². The second-order valence-corrected chi connectivity index (χ2v) is 27.9. The van der Waals surface area contributed by atoms with Gasteiger partial charge in [-0.3, -0.25) is 0 Å². The predicted molar refractivity (Wildman–Crippen MR) is 396 cm³/mol. The van der Waals surface area contributed by atoms with Gasteiger partial charge in [-0.2, -0.15) is 0 Å². The van der Waals surface area contributed by atoms with Crippen LogP contribution in [0.15, 0.2) is 303 Å². The van der Waals surface area contributed by atoms with Crippen molar-refractivity contribution in [2.45, 2.75) is 151 Å². The van der Waals surface area contributed by atoms with Gasteiger partial charge in [0.05, 0.1) is 127 Å². The SMILES string of the molecule is OCC1C(OCc2ccccc2)C(OCc2ccccc2)C2C(OC3C(O)C(OC4OC5(OCc6ccccc6)C(COCc6ccccc6)C(OCc6ccccc6)C(OCc6ccccc6)C45)C(OCc4ccccc4)C(OCc4ccccc4)C3OCc3ccccc3)OC12OCc1ccccc1. The van der Waals surface area contributed by atoms with Crippen LogP contribution in [0.5, 0.6) is 0 Å². The van der Waals surface area contributed by atoms with Gasteiger partial charge < -0.3 is 76.5 Å². The zero-order chi connectivity index (χ0) is 71.8. The van der Waals surface area contributed by atoms with E-state index in [9.17, 15) is 10.2 Å². The zero-order valence-electron chi connectivity index (χ0n) is 59.2. The third kappa shape index (κ3) is 16.9. The quantitative estimate of drug-likeness (QED) is 0.0380. The Morgan fingerprint density at radius 1 is 0.255 bits per heavy atom. The first kappa shape index (κ1) is 73.1. The predicted octanol–water partition coefficient (Wildman–Crippen LogP) is 14.5. The third-order valence-corrected chi connectivity index (χ3v) is 21.1. The number of aliphatic hydroxyl groups excluding tert-OH is 2. The minimum Gasteiger partial charge on any atom is -0.396 e. The minimum absolute atomic E-state index is 0.0811. The molecule has 0 aromatic heterocycles. The summed E-state index contributed by atoms with van der Waals surface area (Å²) >= 11 is 0. The molecule has 0 radical (unpaired) electrons. The van der Waals surface area contributed by atoms with Crippen molar-refractivity contribution in [1.29, 1.82) is 0 Å². The number of fused-ring (bicyclic) bond motifs is 2. The molecule has 16 heteroatoms. The van der Waals surface area contributed by atoms with Crippen LogP contribution in [0.4, 0.5) is 0 Å². The Morgan fingerprint density at radius 2 is 0.481 bits per heavy atom. The molecule has 3 aliphatic carbocycles. The molecule has 106 heavy (non-hydrogen) atoms. The maximum atomic E-state index is 14.2. The highest BCUT2D eigenvalue weighted by atomic mass is 16.8. The van der Waals surface area contributed by atoms with Crippen molar-refractivity contribution in [2.75, 3.05) is 13.2 Å². The van der Waals surface area contributed by atoms with Crippen molar-refractivity contribution in [3.8, 4) is 0 Å². The Morgan fingerprint density at radius 3 is 0.764 bits per heavy atom. The number of hydrogen-bond donors (Lipinski definition) is 2. The standard InChI is InChI=1S/C90H92O16/c91-51-73-78(94-53-64-33-13-2-14-34-64)80(96-55-66-37-17-4-18-38-66)75-87(105-89(73,75)101-60-71-47-27-9-28-48-71)103-82-77(92)83(85(99-58-69-43-23-7-24-44-69)86(100-59-70-45-25-8-26-46-70)84(82)98-57-68-41-21-6-22-42-68)104-88-76-81(97-56-67-39-19-5-20-40-67)79(95-54-65-35-15-3-16-36-65)74(62-93-52-63-31-11-1-12-32-63)90(76,106-88)102-61-72-49-29-10-30-50-72/h1-50,73-88,91-92H,51-62H2. The number of benzene rings is 10. The smallest absolute Gasteiger partial charge is 0.189 e. The molecule has 2 aliphatic heterocycles. The van der Waals surface area contributed by atoms with Gasteiger partial charge in [-0.05, 0) is 55.6 Å². The molecule has 0 bridgehead atoms. The molecule has 18 unspecified atom stereocenters. The van der Waals surface area contributed by atoms with Crippen molar-refractivity contribution in [1.82, 2.24) is 0 Å². The van der Waals surface area contributed by atoms with E-state index >= 15 is 0 Å². The minimum atomic E-state index is -1.60. The number of ether oxygens (including phenoxy) is 14. The normalized spacial score (nSPS) is 28.6. The Labute approximate surface area is 620 Å². The van der Waals surface area contributed by atoms with E-state index in [0.717, 1.165) is 55.6 Å². The average molecular weight is 1430 g/mol. The van der Waals surface area contributed by atoms with Crippen LogP contribution in [-0.2, 0) is 132 Å². The summed E-state index contributed by atoms with van der Waals surface area (Å²) in [5.41, 5.74) is 9.17. The lowest BCUT2D eigenvalue weighted by Crippen LogP contribution is -2.73. The number of rotatable bonds is 36. The summed E-state index contributed by atoms with van der Waals surface area (Å²) in [6.45, 7) is 1.41. The molecule has 548 valence electrons. The molecular formula is C90H92O16. The van der Waals surface area contributed by atoms with Crippen LogP contribution in [0.1, 0.15) is 55.6 Å². The van der Waals surface area contributed by atoms with E-state index in [0.29, 0.717) is 6.61 Å². The lowest BCUT2D eigenvalue weighted by atomic mass is 9.82. The van der Waals surface area contributed by atoms with Gasteiger partial charge in [-0.15, -0.1) is 0 Å². The maximum Gasteiger partial charge on any atom is 0.189 e. The first-order chi connectivity index (χ1) is 52.4. The van der Waals surface area contributed by atoms with E-state index < -0.39 is 115 Å². The molecule has 2 N–H and O–H groups in total. The molecular weight excluding hydrogens is 1340 g/mol. The Kier molecular flexibility index (Phi) is 24.5. The molecule has 10 aromatic carbocycles. The summed E-state index contributed by atoms with van der Waals surface area (Å²) < 4.78 is 102. The van der Waals surface area contributed by atoms with Gasteiger partial charge in [0.25, 0.3) is 0 Å². The molecule has 5 fully saturated rings. The first-order valence-corrected chi connectivity index (χ1v) is 36.9. The Hall–Kier alpha value is -8.44. The molecule has 10 aromatic rings. The van der Waals surface area contributed by atoms with Crippen LogP contribution < -0.4 is 0 Å². The van der Waals surface area contributed by atoms with E-state index in [1.165, 1.54) is 0 Å². The van der Waals surface area contributed by atoms with Crippen molar-refractivity contribution < 1.29 is 76.5 Å². The van der Waals surface area contributed by atoms with Crippen molar-refractivity contribution in [3.63, 3.8) is 0 Å². The van der Waals surface area contributed by atoms with Gasteiger partial charge in [0, 0.05) is 0 Å². The van der Waals surface area contributed by atoms with Crippen LogP contribution in [0.25, 0.3) is 0 Å². The summed E-state index contributed by atoms with van der Waals surface area (Å²) in [7, 11) is 0. The van der Waals surface area contributed by atoms with E-state index in [4.69, 9.17) is 66.3 Å². The number of aliphatic hydroxyl groups is 2. The Balaban J connectivity index is 0.847. The molecule has 15 rings (SSSR count). The summed E-state index contributed by atoms with van der Waals surface area (Å²) in [6.07, 6.45) is -13.0. The van der Waals surface area contributed by atoms with E-state index in [1.54, 1.807) is 0 Å². The fraction of sp³-hybridized carbons (Fsp3) is 0.333. The first-order valence-electron chi connectivity index (χ1n) is 36.9. The highest BCUT2D eigenvalue weighted by molar-refractivity contribution is 5.25. The van der Waals surface area contributed by atoms with E-state index in [2.05, 4.69) is 0 Å². The second-order valence-electron chi connectivity index (χ2n) is 27.9. The van der Waals surface area contributed by atoms with Crippen molar-refractivity contribution in [2.24, 2.45) is 23.7 Å². The van der Waals surface area contributed by atoms with Gasteiger partial charge >= 0.3 is 0 Å². The van der Waals surface area contributed by atoms with Gasteiger partial charge in [0.15, 0.2) is 24.2 Å². The topological polar surface area (TPSA) is 170 Å². The van der Waals surface area contributed by atoms with Crippen LogP contribution in [0, 0.1) is 23.7 Å². The van der Waals surface area contributed by atoms with Crippen molar-refractivity contribution in [3.05, 3.63) is 359 Å². The third-order valence-electron chi connectivity index (χ3n) is 21.1. The summed E-state index contributed by atoms with van der Waals surface area (Å²) in [5, 5.41) is 26.1. The summed E-state index contributed by atoms with van der Waals surface area (Å²) in [5.74, 6) is -5.96. The molecule has 2 saturated heterocycles. The fourth-order valence-corrected chi connectivity index (χ4v) is 15.7. The molecule has 0 spiro atoms. The zero-order valence-corrected chi connectivity index (χ0v) is 59.2. The van der Waals surface area contributed by atoms with E-state index in [1.807, 2.05) is 303 Å². The lowest BCUT2D eigenvalue weighted by molar-refractivity contribution is -0.479. The van der Waals surface area contributed by atoms with Crippen LogP contribution in [-0.4, -0.2) is 109 Å².